The summed E-state index contributed by atoms with van der Waals surface area (Å²) in [5.74, 6) is 0.840. The molecule has 1 N–H and O–H groups in total. The molecule has 5 heteroatoms. The number of halogens is 1. The average molecular weight is 377 g/mol. The van der Waals surface area contributed by atoms with Gasteiger partial charge >= 0.3 is 6.09 Å². The zero-order valence-corrected chi connectivity index (χ0v) is 17.1. The maximum atomic E-state index is 12.3. The number of aromatic nitrogens is 1. The van der Waals surface area contributed by atoms with Crippen LogP contribution >= 0.6 is 11.6 Å². The van der Waals surface area contributed by atoms with Crippen molar-refractivity contribution in [3.8, 4) is 0 Å². The van der Waals surface area contributed by atoms with Gasteiger partial charge in [-0.25, -0.2) is 4.79 Å². The molecule has 26 heavy (non-hydrogen) atoms. The fourth-order valence-electron chi connectivity index (χ4n) is 3.67. The SMILES string of the molecule is CC(C)c1c[nH]c2cc(Cl)c(C3CCN(C(=O)OC(C)(C)C)CC3)cc12. The Balaban J connectivity index is 1.76. The third kappa shape index (κ3) is 4.01. The van der Waals surface area contributed by atoms with Crippen LogP contribution in [0.3, 0.4) is 0 Å². The average Bonchev–Trinajstić information content (AvgIpc) is 2.95. The second-order valence-corrected chi connectivity index (χ2v) is 8.97. The number of ether oxygens (including phenoxy) is 1. The number of amides is 1. The first kappa shape index (κ1) is 19.1. The largest absolute Gasteiger partial charge is 0.444 e. The van der Waals surface area contributed by atoms with Crippen LogP contribution in [0.15, 0.2) is 18.3 Å². The van der Waals surface area contributed by atoms with E-state index < -0.39 is 5.60 Å². The number of rotatable bonds is 2. The minimum atomic E-state index is -0.455. The molecule has 1 aromatic heterocycles. The monoisotopic (exact) mass is 376 g/mol. The highest BCUT2D eigenvalue weighted by molar-refractivity contribution is 6.32. The molecule has 0 unspecified atom stereocenters. The number of benzene rings is 1. The maximum absolute atomic E-state index is 12.3. The molecule has 1 fully saturated rings. The van der Waals surface area contributed by atoms with Crippen LogP contribution in [0, 0.1) is 0 Å². The Morgan fingerprint density at radius 2 is 1.92 bits per heavy atom. The summed E-state index contributed by atoms with van der Waals surface area (Å²) in [6.45, 7) is 11.5. The summed E-state index contributed by atoms with van der Waals surface area (Å²) in [5.41, 5.74) is 3.16. The topological polar surface area (TPSA) is 45.3 Å². The van der Waals surface area contributed by atoms with Crippen LogP contribution in [0.25, 0.3) is 10.9 Å². The quantitative estimate of drug-likeness (QED) is 0.692. The van der Waals surface area contributed by atoms with Gasteiger partial charge in [-0.1, -0.05) is 25.4 Å². The lowest BCUT2D eigenvalue weighted by Crippen LogP contribution is -2.41. The standard InChI is InChI=1S/C21H29ClN2O2/c1-13(2)17-12-23-19-11-18(22)15(10-16(17)19)14-6-8-24(9-7-14)20(25)26-21(3,4)5/h10-14,23H,6-9H2,1-5H3. The first-order valence-electron chi connectivity index (χ1n) is 9.44. The van der Waals surface area contributed by atoms with E-state index in [1.54, 1.807) is 0 Å². The molecule has 1 saturated heterocycles. The molecule has 0 spiro atoms. The van der Waals surface area contributed by atoms with Crippen LogP contribution in [-0.4, -0.2) is 34.7 Å². The van der Waals surface area contributed by atoms with Gasteiger partial charge in [0.25, 0.3) is 0 Å². The molecule has 2 aromatic rings. The van der Waals surface area contributed by atoms with Crippen molar-refractivity contribution >= 4 is 28.6 Å². The number of nitrogens with one attached hydrogen (secondary N) is 1. The molecule has 142 valence electrons. The molecule has 1 aliphatic heterocycles. The van der Waals surface area contributed by atoms with Gasteiger partial charge in [0.15, 0.2) is 0 Å². The van der Waals surface area contributed by atoms with Gasteiger partial charge in [0.1, 0.15) is 5.60 Å². The molecule has 1 aromatic carbocycles. The molecule has 0 radical (unpaired) electrons. The van der Waals surface area contributed by atoms with Crippen LogP contribution < -0.4 is 0 Å². The molecule has 2 heterocycles. The lowest BCUT2D eigenvalue weighted by Gasteiger charge is -2.34. The zero-order chi connectivity index (χ0) is 19.1. The number of hydrogen-bond donors (Lipinski definition) is 1. The number of H-pyrrole nitrogens is 1. The lowest BCUT2D eigenvalue weighted by molar-refractivity contribution is 0.0205. The van der Waals surface area contributed by atoms with Crippen molar-refractivity contribution in [3.05, 3.63) is 34.5 Å². The van der Waals surface area contributed by atoms with Crippen molar-refractivity contribution in [2.45, 2.75) is 64.9 Å². The second-order valence-electron chi connectivity index (χ2n) is 8.56. The number of hydrogen-bond acceptors (Lipinski definition) is 2. The van der Waals surface area contributed by atoms with Crippen LogP contribution in [0.5, 0.6) is 0 Å². The molecular formula is C21H29ClN2O2. The maximum Gasteiger partial charge on any atom is 0.410 e. The highest BCUT2D eigenvalue weighted by Gasteiger charge is 2.28. The highest BCUT2D eigenvalue weighted by Crippen LogP contribution is 2.37. The Morgan fingerprint density at radius 3 is 2.50 bits per heavy atom. The zero-order valence-electron chi connectivity index (χ0n) is 16.4. The smallest absolute Gasteiger partial charge is 0.410 e. The summed E-state index contributed by atoms with van der Waals surface area (Å²) >= 11 is 6.59. The van der Waals surface area contributed by atoms with Gasteiger partial charge in [-0.15, -0.1) is 0 Å². The summed E-state index contributed by atoms with van der Waals surface area (Å²) in [4.78, 5) is 17.4. The van der Waals surface area contributed by atoms with Gasteiger partial charge < -0.3 is 14.6 Å². The summed E-state index contributed by atoms with van der Waals surface area (Å²) < 4.78 is 5.49. The predicted molar refractivity (Wildman–Crippen MR) is 107 cm³/mol. The van der Waals surface area contributed by atoms with Gasteiger partial charge in [0, 0.05) is 35.2 Å². The van der Waals surface area contributed by atoms with Crippen molar-refractivity contribution in [3.63, 3.8) is 0 Å². The number of piperidine rings is 1. The molecule has 3 rings (SSSR count). The van der Waals surface area contributed by atoms with Gasteiger partial charge in [-0.05, 0) is 68.7 Å². The number of fused-ring (bicyclic) bond motifs is 1. The Kier molecular flexibility index (Phi) is 5.25. The van der Waals surface area contributed by atoms with E-state index in [1.807, 2.05) is 31.7 Å². The van der Waals surface area contributed by atoms with E-state index in [0.29, 0.717) is 24.9 Å². The fourth-order valence-corrected chi connectivity index (χ4v) is 3.99. The van der Waals surface area contributed by atoms with Gasteiger partial charge in [0.05, 0.1) is 0 Å². The third-order valence-electron chi connectivity index (χ3n) is 5.04. The van der Waals surface area contributed by atoms with E-state index in [2.05, 4.69) is 31.1 Å². The third-order valence-corrected chi connectivity index (χ3v) is 5.37. The number of carbonyl (C=O) groups excluding carboxylic acids is 1. The van der Waals surface area contributed by atoms with Crippen LogP contribution in [-0.2, 0) is 4.74 Å². The summed E-state index contributed by atoms with van der Waals surface area (Å²) in [5, 5.41) is 2.07. The molecule has 0 aliphatic carbocycles. The molecule has 1 aliphatic rings. The number of nitrogens with zero attached hydrogens (tertiary/aromatic N) is 1. The summed E-state index contributed by atoms with van der Waals surface area (Å²) in [7, 11) is 0. The Hall–Kier alpha value is -1.68. The summed E-state index contributed by atoms with van der Waals surface area (Å²) in [6, 6.07) is 4.29. The molecule has 1 amide bonds. The summed E-state index contributed by atoms with van der Waals surface area (Å²) in [6.07, 6.45) is 3.68. The van der Waals surface area contributed by atoms with E-state index in [4.69, 9.17) is 16.3 Å². The Morgan fingerprint density at radius 1 is 1.27 bits per heavy atom. The van der Waals surface area contributed by atoms with Gasteiger partial charge in [-0.2, -0.15) is 0 Å². The van der Waals surface area contributed by atoms with Crippen molar-refractivity contribution < 1.29 is 9.53 Å². The van der Waals surface area contributed by atoms with Crippen molar-refractivity contribution in [1.82, 2.24) is 9.88 Å². The molecular weight excluding hydrogens is 348 g/mol. The van der Waals surface area contributed by atoms with E-state index in [1.165, 1.54) is 16.5 Å². The van der Waals surface area contributed by atoms with E-state index in [0.717, 1.165) is 23.4 Å². The van der Waals surface area contributed by atoms with Gasteiger partial charge in [0.2, 0.25) is 0 Å². The molecule has 0 saturated carbocycles. The van der Waals surface area contributed by atoms with Crippen LogP contribution in [0.4, 0.5) is 4.79 Å². The Labute approximate surface area is 160 Å². The van der Waals surface area contributed by atoms with Crippen molar-refractivity contribution in [2.24, 2.45) is 0 Å². The number of likely N-dealkylation sites (tertiary alicyclic amines) is 1. The van der Waals surface area contributed by atoms with Gasteiger partial charge in [-0.3, -0.25) is 0 Å². The van der Waals surface area contributed by atoms with E-state index in [-0.39, 0.29) is 6.09 Å². The first-order chi connectivity index (χ1) is 12.2. The van der Waals surface area contributed by atoms with Crippen LogP contribution in [0.2, 0.25) is 5.02 Å². The first-order valence-corrected chi connectivity index (χ1v) is 9.82. The second kappa shape index (κ2) is 7.15. The minimum absolute atomic E-state index is 0.217. The molecule has 0 atom stereocenters. The van der Waals surface area contributed by atoms with E-state index in [9.17, 15) is 4.79 Å². The molecule has 4 nitrogen and oxygen atoms in total. The fraction of sp³-hybridized carbons (Fsp3) is 0.571. The van der Waals surface area contributed by atoms with Crippen LogP contribution in [0.1, 0.15) is 70.4 Å². The minimum Gasteiger partial charge on any atom is -0.444 e. The Bertz CT molecular complexity index is 796. The van der Waals surface area contributed by atoms with E-state index >= 15 is 0 Å². The van der Waals surface area contributed by atoms with Crippen molar-refractivity contribution in [2.75, 3.05) is 13.1 Å². The van der Waals surface area contributed by atoms with Crippen molar-refractivity contribution in [1.29, 1.82) is 0 Å². The number of carbonyl (C=O) groups is 1. The number of aromatic amines is 1. The predicted octanol–water partition coefficient (Wildman–Crippen LogP) is 6.06. The molecule has 0 bridgehead atoms. The highest BCUT2D eigenvalue weighted by atomic mass is 35.5. The lowest BCUT2D eigenvalue weighted by atomic mass is 9.88. The normalized spacial score (nSPS) is 16.5.